The van der Waals surface area contributed by atoms with Crippen molar-refractivity contribution in [1.29, 1.82) is 0 Å². The second-order valence-electron chi connectivity index (χ2n) is 8.29. The third kappa shape index (κ3) is 4.00. The first-order valence-corrected chi connectivity index (χ1v) is 12.4. The Morgan fingerprint density at radius 1 is 1.16 bits per heavy atom. The van der Waals surface area contributed by atoms with Crippen LogP contribution in [-0.4, -0.2) is 20.7 Å². The van der Waals surface area contributed by atoms with Crippen LogP contribution >= 0.6 is 0 Å². The minimum atomic E-state index is -0.875. The molecule has 0 spiro atoms. The van der Waals surface area contributed by atoms with E-state index in [-0.39, 0.29) is 0 Å². The van der Waals surface area contributed by atoms with Crippen LogP contribution in [0, 0.1) is 25.7 Å². The fourth-order valence-corrected chi connectivity index (χ4v) is 5.42. The van der Waals surface area contributed by atoms with E-state index >= 15 is 0 Å². The van der Waals surface area contributed by atoms with Crippen molar-refractivity contribution in [3.63, 3.8) is 0 Å². The predicted octanol–water partition coefficient (Wildman–Crippen LogP) is 6.06. The molecule has 1 heterocycles. The van der Waals surface area contributed by atoms with Crippen LogP contribution in [0.15, 0.2) is 41.8 Å². The standard InChI is InChI=1S/C23H35NSi/c1-10-19-17(5)11-16(4)12-21(19)22-13-20(18(6)15(2)3)23(25(8)9)14-24(22)7/h10-15,18,22,25H,1H2,2-9H3. The smallest absolute Gasteiger partial charge is 0.0729 e. The van der Waals surface area contributed by atoms with Crippen molar-refractivity contribution in [3.05, 3.63) is 64.0 Å². The average molecular weight is 354 g/mol. The molecule has 0 saturated carbocycles. The van der Waals surface area contributed by atoms with Crippen LogP contribution in [0.1, 0.15) is 49.1 Å². The zero-order valence-electron chi connectivity index (χ0n) is 17.4. The van der Waals surface area contributed by atoms with Crippen molar-refractivity contribution in [2.75, 3.05) is 7.05 Å². The maximum Gasteiger partial charge on any atom is 0.0729 e. The number of allylic oxidation sites excluding steroid dienone is 2. The molecule has 0 aromatic heterocycles. The number of hydrogen-bond acceptors (Lipinski definition) is 1. The highest BCUT2D eigenvalue weighted by atomic mass is 28.3. The highest BCUT2D eigenvalue weighted by Crippen LogP contribution is 2.38. The molecule has 1 nitrogen and oxygen atoms in total. The van der Waals surface area contributed by atoms with Crippen molar-refractivity contribution in [2.24, 2.45) is 11.8 Å². The van der Waals surface area contributed by atoms with E-state index in [9.17, 15) is 0 Å². The molecule has 0 radical (unpaired) electrons. The summed E-state index contributed by atoms with van der Waals surface area (Å²) in [6, 6.07) is 4.89. The Bertz CT molecular complexity index is 709. The van der Waals surface area contributed by atoms with Crippen LogP contribution in [0.3, 0.4) is 0 Å². The molecule has 1 aromatic carbocycles. The molecule has 2 atom stereocenters. The molecule has 1 aliphatic rings. The molecular formula is C23H35NSi. The van der Waals surface area contributed by atoms with Gasteiger partial charge in [-0.3, -0.25) is 0 Å². The monoisotopic (exact) mass is 353 g/mol. The summed E-state index contributed by atoms with van der Waals surface area (Å²) >= 11 is 0. The number of benzene rings is 1. The highest BCUT2D eigenvalue weighted by Gasteiger charge is 2.28. The first-order valence-electron chi connectivity index (χ1n) is 9.56. The van der Waals surface area contributed by atoms with Crippen LogP contribution in [-0.2, 0) is 0 Å². The molecule has 0 saturated heterocycles. The highest BCUT2D eigenvalue weighted by molar-refractivity contribution is 6.65. The van der Waals surface area contributed by atoms with Crippen LogP contribution in [0.5, 0.6) is 0 Å². The summed E-state index contributed by atoms with van der Waals surface area (Å²) in [5.74, 6) is 1.25. The van der Waals surface area contributed by atoms with Gasteiger partial charge in [-0.2, -0.15) is 0 Å². The first kappa shape index (κ1) is 19.8. The van der Waals surface area contributed by atoms with Gasteiger partial charge in [0.05, 0.1) is 14.8 Å². The normalized spacial score (nSPS) is 19.1. The van der Waals surface area contributed by atoms with E-state index in [2.05, 4.69) is 90.6 Å². The zero-order valence-corrected chi connectivity index (χ0v) is 18.5. The minimum Gasteiger partial charge on any atom is -0.370 e. The Hall–Kier alpha value is -1.54. The first-order chi connectivity index (χ1) is 11.7. The van der Waals surface area contributed by atoms with E-state index in [1.165, 1.54) is 22.3 Å². The number of likely N-dealkylation sites (N-methyl/N-ethyl adjacent to an activating group) is 1. The van der Waals surface area contributed by atoms with Crippen molar-refractivity contribution >= 4 is 14.9 Å². The average Bonchev–Trinajstić information content (AvgIpc) is 2.53. The lowest BCUT2D eigenvalue weighted by molar-refractivity contribution is 0.374. The van der Waals surface area contributed by atoms with Crippen molar-refractivity contribution in [1.82, 2.24) is 4.90 Å². The van der Waals surface area contributed by atoms with Gasteiger partial charge in [-0.1, -0.05) is 70.3 Å². The minimum absolute atomic E-state index is 0.291. The van der Waals surface area contributed by atoms with E-state index in [4.69, 9.17) is 0 Å². The number of hydrogen-bond donors (Lipinski definition) is 0. The van der Waals surface area contributed by atoms with Crippen molar-refractivity contribution < 1.29 is 0 Å². The number of aryl methyl sites for hydroxylation is 2. The predicted molar refractivity (Wildman–Crippen MR) is 116 cm³/mol. The molecular weight excluding hydrogens is 318 g/mol. The zero-order chi connectivity index (χ0) is 18.9. The summed E-state index contributed by atoms with van der Waals surface area (Å²) in [4.78, 5) is 2.40. The fourth-order valence-electron chi connectivity index (χ4n) is 3.86. The topological polar surface area (TPSA) is 3.24 Å². The molecule has 1 aliphatic heterocycles. The van der Waals surface area contributed by atoms with Gasteiger partial charge in [-0.05, 0) is 59.3 Å². The third-order valence-electron chi connectivity index (χ3n) is 5.65. The van der Waals surface area contributed by atoms with Crippen LogP contribution in [0.2, 0.25) is 13.1 Å². The van der Waals surface area contributed by atoms with E-state index < -0.39 is 8.80 Å². The van der Waals surface area contributed by atoms with Gasteiger partial charge in [-0.15, -0.1) is 0 Å². The van der Waals surface area contributed by atoms with Gasteiger partial charge in [-0.25, -0.2) is 0 Å². The van der Waals surface area contributed by atoms with E-state index in [0.29, 0.717) is 17.9 Å². The molecule has 0 fully saturated rings. The lowest BCUT2D eigenvalue weighted by Gasteiger charge is -2.37. The summed E-state index contributed by atoms with van der Waals surface area (Å²) in [5.41, 5.74) is 6.89. The van der Waals surface area contributed by atoms with Crippen LogP contribution in [0.4, 0.5) is 0 Å². The Morgan fingerprint density at radius 3 is 2.32 bits per heavy atom. The molecule has 1 aromatic rings. The summed E-state index contributed by atoms with van der Waals surface area (Å²) in [7, 11) is 1.35. The van der Waals surface area contributed by atoms with E-state index in [0.717, 1.165) is 0 Å². The molecule has 0 amide bonds. The number of rotatable bonds is 5. The second kappa shape index (κ2) is 7.78. The Labute approximate surface area is 156 Å². The van der Waals surface area contributed by atoms with E-state index in [1.54, 1.807) is 10.8 Å². The van der Waals surface area contributed by atoms with Crippen LogP contribution < -0.4 is 0 Å². The fraction of sp³-hybridized carbons (Fsp3) is 0.478. The SMILES string of the molecule is C=Cc1c(C)cc(C)cc1C1C=C(C(C)C(C)C)C([SiH](C)C)=CN1C. The Morgan fingerprint density at radius 2 is 1.80 bits per heavy atom. The van der Waals surface area contributed by atoms with E-state index in [1.807, 2.05) is 6.08 Å². The summed E-state index contributed by atoms with van der Waals surface area (Å²) in [6.45, 7) is 20.4. The lowest BCUT2D eigenvalue weighted by Crippen LogP contribution is -2.29. The quantitative estimate of drug-likeness (QED) is 0.581. The van der Waals surface area contributed by atoms with Gasteiger partial charge < -0.3 is 4.90 Å². The lowest BCUT2D eigenvalue weighted by atomic mass is 9.84. The molecule has 0 aliphatic carbocycles. The molecule has 0 bridgehead atoms. The van der Waals surface area contributed by atoms with Crippen molar-refractivity contribution in [3.8, 4) is 0 Å². The van der Waals surface area contributed by atoms with Gasteiger partial charge in [0.1, 0.15) is 0 Å². The maximum absolute atomic E-state index is 4.08. The molecule has 2 rings (SSSR count). The third-order valence-corrected chi connectivity index (χ3v) is 7.38. The summed E-state index contributed by atoms with van der Waals surface area (Å²) in [6.07, 6.45) is 6.99. The summed E-state index contributed by atoms with van der Waals surface area (Å²) < 4.78 is 0. The largest absolute Gasteiger partial charge is 0.370 e. The van der Waals surface area contributed by atoms with Gasteiger partial charge >= 0.3 is 0 Å². The molecule has 0 N–H and O–H groups in total. The maximum atomic E-state index is 4.08. The van der Waals surface area contributed by atoms with Gasteiger partial charge in [0.25, 0.3) is 0 Å². The molecule has 2 heteroatoms. The molecule has 2 unspecified atom stereocenters. The Balaban J connectivity index is 2.62. The number of nitrogens with zero attached hydrogens (tertiary/aromatic N) is 1. The second-order valence-corrected chi connectivity index (χ2v) is 11.2. The van der Waals surface area contributed by atoms with Crippen molar-refractivity contribution in [2.45, 2.75) is 53.8 Å². The molecule has 25 heavy (non-hydrogen) atoms. The van der Waals surface area contributed by atoms with Gasteiger partial charge in [0.2, 0.25) is 0 Å². The van der Waals surface area contributed by atoms with Gasteiger partial charge in [0, 0.05) is 7.05 Å². The summed E-state index contributed by atoms with van der Waals surface area (Å²) in [5, 5.41) is 1.62. The molecule has 136 valence electrons. The Kier molecular flexibility index (Phi) is 6.15. The van der Waals surface area contributed by atoms with Gasteiger partial charge in [0.15, 0.2) is 0 Å². The van der Waals surface area contributed by atoms with Crippen LogP contribution in [0.25, 0.3) is 6.08 Å².